The van der Waals surface area contributed by atoms with Crippen molar-refractivity contribution in [2.75, 3.05) is 24.6 Å². The van der Waals surface area contributed by atoms with Crippen LogP contribution in [0.2, 0.25) is 0 Å². The average Bonchev–Trinajstić information content (AvgIpc) is 3.01. The van der Waals surface area contributed by atoms with Gasteiger partial charge in [0.05, 0.1) is 16.1 Å². The molecule has 2 aromatic rings. The number of nitrogens with zero attached hydrogens (tertiary/aromatic N) is 4. The first-order valence-electron chi connectivity index (χ1n) is 7.23. The van der Waals surface area contributed by atoms with Crippen LogP contribution in [0.15, 0.2) is 29.4 Å². The Morgan fingerprint density at radius 3 is 2.54 bits per heavy atom. The molecule has 1 fully saturated rings. The van der Waals surface area contributed by atoms with Gasteiger partial charge in [-0.3, -0.25) is 0 Å². The molecule has 1 saturated heterocycles. The summed E-state index contributed by atoms with van der Waals surface area (Å²) >= 11 is 1.70. The zero-order chi connectivity index (χ0) is 17.3. The van der Waals surface area contributed by atoms with Gasteiger partial charge < -0.3 is 5.11 Å². The summed E-state index contributed by atoms with van der Waals surface area (Å²) in [4.78, 5) is 15.3. The highest BCUT2D eigenvalue weighted by Gasteiger charge is 2.27. The fraction of sp³-hybridized carbons (Fsp3) is 0.357. The molecule has 8 nitrogen and oxygen atoms in total. The third-order valence-electron chi connectivity index (χ3n) is 3.62. The Kier molecular flexibility index (Phi) is 4.61. The lowest BCUT2D eigenvalue weighted by molar-refractivity contribution is 0.0696. The van der Waals surface area contributed by atoms with Crippen LogP contribution in [0.25, 0.3) is 5.69 Å². The molecule has 1 aromatic heterocycles. The van der Waals surface area contributed by atoms with Gasteiger partial charge in [-0.15, -0.1) is 0 Å². The van der Waals surface area contributed by atoms with Gasteiger partial charge in [-0.1, -0.05) is 0 Å². The van der Waals surface area contributed by atoms with E-state index < -0.39 is 16.0 Å². The molecule has 0 unspecified atom stereocenters. The van der Waals surface area contributed by atoms with Crippen molar-refractivity contribution in [3.63, 3.8) is 0 Å². The predicted molar refractivity (Wildman–Crippen MR) is 89.1 cm³/mol. The molecular weight excluding hydrogens is 352 g/mol. The van der Waals surface area contributed by atoms with Crippen molar-refractivity contribution in [1.29, 1.82) is 0 Å². The van der Waals surface area contributed by atoms with E-state index >= 15 is 0 Å². The van der Waals surface area contributed by atoms with E-state index in [1.54, 1.807) is 18.7 Å². The Morgan fingerprint density at radius 1 is 1.25 bits per heavy atom. The maximum absolute atomic E-state index is 12.8. The molecule has 10 heteroatoms. The van der Waals surface area contributed by atoms with Gasteiger partial charge in [0, 0.05) is 24.6 Å². The average molecular weight is 368 g/mol. The van der Waals surface area contributed by atoms with Crippen LogP contribution >= 0.6 is 11.8 Å². The fourth-order valence-corrected chi connectivity index (χ4v) is 5.04. The highest BCUT2D eigenvalue weighted by molar-refractivity contribution is 7.99. The molecule has 24 heavy (non-hydrogen) atoms. The van der Waals surface area contributed by atoms with E-state index in [2.05, 4.69) is 10.1 Å². The third-order valence-corrected chi connectivity index (χ3v) is 6.44. The number of hydrogen-bond acceptors (Lipinski definition) is 6. The quantitative estimate of drug-likeness (QED) is 0.858. The third kappa shape index (κ3) is 3.30. The zero-order valence-electron chi connectivity index (χ0n) is 12.9. The van der Waals surface area contributed by atoms with Gasteiger partial charge in [0.2, 0.25) is 10.0 Å². The SMILES string of the molecule is Cc1ncn(-c2cc(C(=O)O)cc(S(=O)(=O)N3CCSCC3)c2)n1. The van der Waals surface area contributed by atoms with Crippen LogP contribution in [0.1, 0.15) is 16.2 Å². The van der Waals surface area contributed by atoms with E-state index in [0.29, 0.717) is 24.6 Å². The molecule has 0 saturated carbocycles. The van der Waals surface area contributed by atoms with E-state index in [4.69, 9.17) is 0 Å². The van der Waals surface area contributed by atoms with Crippen LogP contribution in [-0.2, 0) is 10.0 Å². The molecule has 1 N–H and O–H groups in total. The van der Waals surface area contributed by atoms with E-state index in [9.17, 15) is 18.3 Å². The summed E-state index contributed by atoms with van der Waals surface area (Å²) in [7, 11) is -3.75. The number of aromatic nitrogens is 3. The molecular formula is C14H16N4O4S2. The molecule has 1 aliphatic heterocycles. The van der Waals surface area contributed by atoms with Crippen molar-refractivity contribution in [2.24, 2.45) is 0 Å². The highest BCUT2D eigenvalue weighted by Crippen LogP contribution is 2.24. The van der Waals surface area contributed by atoms with E-state index in [-0.39, 0.29) is 10.5 Å². The van der Waals surface area contributed by atoms with Crippen molar-refractivity contribution in [1.82, 2.24) is 19.1 Å². The molecule has 0 amide bonds. The van der Waals surface area contributed by atoms with Crippen LogP contribution < -0.4 is 0 Å². The summed E-state index contributed by atoms with van der Waals surface area (Å²) in [5.41, 5.74) is 0.242. The Labute approximate surface area is 143 Å². The number of carbonyl (C=O) groups is 1. The van der Waals surface area contributed by atoms with Gasteiger partial charge in [0.15, 0.2) is 0 Å². The van der Waals surface area contributed by atoms with E-state index in [0.717, 1.165) is 11.5 Å². The van der Waals surface area contributed by atoms with E-state index in [1.165, 1.54) is 33.5 Å². The van der Waals surface area contributed by atoms with Crippen LogP contribution in [-0.4, -0.2) is 63.2 Å². The number of carboxylic acid groups (broad SMARTS) is 1. The minimum atomic E-state index is -3.75. The van der Waals surface area contributed by atoms with Crippen molar-refractivity contribution >= 4 is 27.8 Å². The predicted octanol–water partition coefficient (Wildman–Crippen LogP) is 1.01. The molecule has 0 bridgehead atoms. The topological polar surface area (TPSA) is 105 Å². The molecule has 0 radical (unpaired) electrons. The smallest absolute Gasteiger partial charge is 0.335 e. The first-order chi connectivity index (χ1) is 11.4. The van der Waals surface area contributed by atoms with Crippen molar-refractivity contribution in [3.8, 4) is 5.69 Å². The maximum atomic E-state index is 12.8. The molecule has 3 rings (SSSR count). The number of hydrogen-bond donors (Lipinski definition) is 1. The minimum absolute atomic E-state index is 0.0440. The first-order valence-corrected chi connectivity index (χ1v) is 9.82. The van der Waals surface area contributed by atoms with Gasteiger partial charge in [-0.2, -0.15) is 21.2 Å². The summed E-state index contributed by atoms with van der Waals surface area (Å²) < 4.78 is 28.4. The minimum Gasteiger partial charge on any atom is -0.478 e. The Bertz CT molecular complexity index is 873. The van der Waals surface area contributed by atoms with Crippen molar-refractivity contribution in [3.05, 3.63) is 35.9 Å². The summed E-state index contributed by atoms with van der Waals surface area (Å²) in [6, 6.07) is 3.99. The van der Waals surface area contributed by atoms with Crippen LogP contribution in [0.5, 0.6) is 0 Å². The fourth-order valence-electron chi connectivity index (χ4n) is 2.39. The van der Waals surface area contributed by atoms with Crippen molar-refractivity contribution in [2.45, 2.75) is 11.8 Å². The molecule has 1 aromatic carbocycles. The standard InChI is InChI=1S/C14H16N4O4S2/c1-10-15-9-18(16-10)12-6-11(14(19)20)7-13(8-12)24(21,22)17-2-4-23-5-3-17/h6-9H,2-5H2,1H3,(H,19,20). The summed E-state index contributed by atoms with van der Waals surface area (Å²) in [6.07, 6.45) is 1.42. The Balaban J connectivity index is 2.09. The number of rotatable bonds is 4. The molecule has 2 heterocycles. The summed E-state index contributed by atoms with van der Waals surface area (Å²) in [5.74, 6) is 0.771. The number of sulfonamides is 1. The second kappa shape index (κ2) is 6.54. The lowest BCUT2D eigenvalue weighted by atomic mass is 10.2. The monoisotopic (exact) mass is 368 g/mol. The van der Waals surface area contributed by atoms with Crippen LogP contribution in [0, 0.1) is 6.92 Å². The van der Waals surface area contributed by atoms with E-state index in [1.807, 2.05) is 0 Å². The number of benzene rings is 1. The number of aryl methyl sites for hydroxylation is 1. The zero-order valence-corrected chi connectivity index (χ0v) is 14.5. The molecule has 1 aliphatic rings. The maximum Gasteiger partial charge on any atom is 0.335 e. The van der Waals surface area contributed by atoms with Gasteiger partial charge in [-0.05, 0) is 25.1 Å². The highest BCUT2D eigenvalue weighted by atomic mass is 32.2. The lowest BCUT2D eigenvalue weighted by Gasteiger charge is -2.25. The second-order valence-electron chi connectivity index (χ2n) is 5.27. The molecule has 0 spiro atoms. The summed E-state index contributed by atoms with van der Waals surface area (Å²) in [5, 5.41) is 13.4. The summed E-state index contributed by atoms with van der Waals surface area (Å²) in [6.45, 7) is 2.53. The van der Waals surface area contributed by atoms with Crippen molar-refractivity contribution < 1.29 is 18.3 Å². The first kappa shape index (κ1) is 16.9. The van der Waals surface area contributed by atoms with Gasteiger partial charge in [0.1, 0.15) is 12.2 Å². The molecule has 0 atom stereocenters. The number of thioether (sulfide) groups is 1. The largest absolute Gasteiger partial charge is 0.478 e. The Morgan fingerprint density at radius 2 is 1.96 bits per heavy atom. The normalized spacial score (nSPS) is 16.2. The number of carboxylic acids is 1. The van der Waals surface area contributed by atoms with Gasteiger partial charge in [0.25, 0.3) is 0 Å². The van der Waals surface area contributed by atoms with Crippen LogP contribution in [0.4, 0.5) is 0 Å². The number of aromatic carboxylic acids is 1. The van der Waals surface area contributed by atoms with Gasteiger partial charge >= 0.3 is 5.97 Å². The Hall–Kier alpha value is -1.91. The molecule has 128 valence electrons. The second-order valence-corrected chi connectivity index (χ2v) is 8.44. The van der Waals surface area contributed by atoms with Crippen LogP contribution in [0.3, 0.4) is 0 Å². The lowest BCUT2D eigenvalue weighted by Crippen LogP contribution is -2.38. The molecule has 0 aliphatic carbocycles. The van der Waals surface area contributed by atoms with Gasteiger partial charge in [-0.25, -0.2) is 22.9 Å².